The molecule has 11 aromatic rings. The number of aliphatic imine (C=N–C) groups is 2. The second-order valence-corrected chi connectivity index (χ2v) is 29.7. The van der Waals surface area contributed by atoms with Crippen LogP contribution in [0.3, 0.4) is 0 Å². The summed E-state index contributed by atoms with van der Waals surface area (Å²) in [5, 5.41) is 0. The van der Waals surface area contributed by atoms with Crippen LogP contribution >= 0.6 is 0 Å². The van der Waals surface area contributed by atoms with Crippen LogP contribution in [0.4, 0.5) is 11.4 Å². The summed E-state index contributed by atoms with van der Waals surface area (Å²) in [4.78, 5) is 38.7. The molecule has 0 spiro atoms. The van der Waals surface area contributed by atoms with Crippen molar-refractivity contribution in [3.05, 3.63) is 249 Å². The van der Waals surface area contributed by atoms with Crippen LogP contribution in [0.1, 0.15) is 209 Å². The van der Waals surface area contributed by atoms with E-state index in [1.165, 1.54) is 0 Å². The number of aromatic nitrogens is 6. The van der Waals surface area contributed by atoms with Gasteiger partial charge in [-0.1, -0.05) is 141 Å². The fraction of sp³-hybridized carbons (Fsp3) is 0.294. The maximum absolute atomic E-state index is 7.04. The number of hydrogen-bond donors (Lipinski definition) is 2. The summed E-state index contributed by atoms with van der Waals surface area (Å²) in [5.74, 6) is 18.3. The van der Waals surface area contributed by atoms with Gasteiger partial charge >= 0.3 is 0 Å². The second-order valence-electron chi connectivity index (χ2n) is 29.7. The van der Waals surface area contributed by atoms with Crippen molar-refractivity contribution in [2.24, 2.45) is 9.98 Å². The van der Waals surface area contributed by atoms with Gasteiger partial charge in [-0.15, -0.1) is 0 Å². The average molecular weight is 1540 g/mol. The van der Waals surface area contributed by atoms with E-state index in [-0.39, 0.29) is 0 Å². The first-order valence-corrected chi connectivity index (χ1v) is 41.4. The predicted molar refractivity (Wildman–Crippen MR) is 479 cm³/mol. The molecule has 14 nitrogen and oxygen atoms in total. The molecule has 2 N–H and O–H groups in total. The molecule has 6 aromatic carbocycles. The van der Waals surface area contributed by atoms with Crippen LogP contribution in [0, 0.1) is 51.4 Å². The van der Waals surface area contributed by atoms with Crippen molar-refractivity contribution >= 4 is 70.2 Å². The lowest BCUT2D eigenvalue weighted by Crippen LogP contribution is -2.04. The van der Waals surface area contributed by atoms with E-state index in [0.717, 1.165) is 294 Å². The lowest BCUT2D eigenvalue weighted by atomic mass is 9.92. The van der Waals surface area contributed by atoms with E-state index in [1.807, 2.05) is 72.8 Å². The Kier molecular flexibility index (Phi) is 28.4. The van der Waals surface area contributed by atoms with E-state index < -0.39 is 0 Å². The van der Waals surface area contributed by atoms with Crippen LogP contribution in [-0.2, 0) is 0 Å². The van der Waals surface area contributed by atoms with Crippen LogP contribution in [0.2, 0.25) is 0 Å². The maximum atomic E-state index is 7.04. The quantitative estimate of drug-likeness (QED) is 0.0225. The standard InChI is InChI=1S/C102H106N8O6/c1-11-15-19-23-57-113-91-29-27-30-92(114-58-24-20-16-12-2)101(91)99-87-53-49-83(107-87)97(95-69(5)61-75(62-70(95)6)35-33-73-37-39-79(103-65-73)67-105-77-41-45-81(111-9)46-42-77)85-51-55-89(109-85)100(102-93(115-59-25-21-17-13-3)31-28-32-94(102)116-60-26-22-18-14-4)90-56-52-86(110-90)98(84-50-54-88(99)108-84)96-71(7)63-76(64-72(96)8)36-34-74-38-40-80(104-66-74)68-106-78-43-47-82(112-10)48-44-78/h27-32,37-56,61-68,107,110H,11-26,57-60H2,1-10H3. The van der Waals surface area contributed by atoms with E-state index in [2.05, 4.69) is 208 Å². The van der Waals surface area contributed by atoms with Gasteiger partial charge in [0.15, 0.2) is 0 Å². The summed E-state index contributed by atoms with van der Waals surface area (Å²) in [6.45, 7) is 19.8. The van der Waals surface area contributed by atoms with Gasteiger partial charge in [-0.3, -0.25) is 20.0 Å². The molecule has 5 aromatic heterocycles. The lowest BCUT2D eigenvalue weighted by molar-refractivity contribution is 0.292. The van der Waals surface area contributed by atoms with Crippen LogP contribution < -0.4 is 28.4 Å². The van der Waals surface area contributed by atoms with Crippen LogP contribution in [0.15, 0.2) is 180 Å². The molecule has 0 saturated carbocycles. The molecule has 2 aliphatic heterocycles. The maximum Gasteiger partial charge on any atom is 0.131 e. The Morgan fingerprint density at radius 1 is 0.328 bits per heavy atom. The van der Waals surface area contributed by atoms with Crippen molar-refractivity contribution in [1.82, 2.24) is 29.9 Å². The number of hydrogen-bond acceptors (Lipinski definition) is 12. The van der Waals surface area contributed by atoms with Crippen molar-refractivity contribution < 1.29 is 28.4 Å². The molecule has 590 valence electrons. The molecule has 0 fully saturated rings. The van der Waals surface area contributed by atoms with Gasteiger partial charge in [-0.2, -0.15) is 0 Å². The van der Waals surface area contributed by atoms with Gasteiger partial charge in [0.2, 0.25) is 0 Å². The molecule has 0 atom stereocenters. The number of benzene rings is 6. The number of aryl methyl sites for hydroxylation is 4. The van der Waals surface area contributed by atoms with E-state index in [0.29, 0.717) is 26.4 Å². The van der Waals surface area contributed by atoms with Gasteiger partial charge in [0, 0.05) is 79.0 Å². The van der Waals surface area contributed by atoms with Crippen molar-refractivity contribution in [3.63, 3.8) is 0 Å². The first-order chi connectivity index (χ1) is 56.9. The highest BCUT2D eigenvalue weighted by Crippen LogP contribution is 2.48. The average Bonchev–Trinajstić information content (AvgIpc) is 1.59. The van der Waals surface area contributed by atoms with Gasteiger partial charge in [0.1, 0.15) is 34.5 Å². The molecule has 0 saturated heterocycles. The fourth-order valence-electron chi connectivity index (χ4n) is 15.0. The van der Waals surface area contributed by atoms with Crippen molar-refractivity contribution in [3.8, 4) is 103 Å². The SMILES string of the molecule is CCCCCCOc1cccc(OCCCCCC)c1-c1c2nc(c(-c3c(C)cc(C#Cc4ccc(C=Nc5ccc(OC)cc5)nc4)cc3C)c3ccc([nH]3)c(-c3c(OCCCCCC)cccc3OCCCCCC)c3nc(c(-c4c(C)cc(C#Cc5ccc(C=Nc6ccc(OC)cc6)nc5)cc4C)c4ccc1[nH]4)C=C3)C=C2. The largest absolute Gasteiger partial charge is 0.497 e. The number of unbranched alkanes of at least 4 members (excludes halogenated alkanes) is 12. The molecule has 0 amide bonds. The third kappa shape index (κ3) is 20.5. The number of rotatable bonds is 34. The molecule has 0 unspecified atom stereocenters. The van der Waals surface area contributed by atoms with Gasteiger partial charge in [0.25, 0.3) is 0 Å². The number of nitrogens with zero attached hydrogens (tertiary/aromatic N) is 6. The third-order valence-electron chi connectivity index (χ3n) is 20.9. The van der Waals surface area contributed by atoms with E-state index in [9.17, 15) is 0 Å². The first-order valence-electron chi connectivity index (χ1n) is 41.4. The normalized spacial score (nSPS) is 11.6. The number of methoxy groups -OCH3 is 2. The molecular formula is C102H106N8O6. The summed E-state index contributed by atoms with van der Waals surface area (Å²) in [6, 6.07) is 53.0. The molecule has 7 heterocycles. The highest BCUT2D eigenvalue weighted by Gasteiger charge is 2.27. The molecule has 13 rings (SSSR count). The van der Waals surface area contributed by atoms with Gasteiger partial charge < -0.3 is 38.4 Å². The lowest BCUT2D eigenvalue weighted by Gasteiger charge is -2.18. The third-order valence-corrected chi connectivity index (χ3v) is 20.9. The monoisotopic (exact) mass is 1540 g/mol. The van der Waals surface area contributed by atoms with Gasteiger partial charge in [0.05, 0.1) is 110 Å². The number of aromatic amines is 2. The molecular weight excluding hydrogens is 1430 g/mol. The zero-order valence-electron chi connectivity index (χ0n) is 68.9. The fourth-order valence-corrected chi connectivity index (χ4v) is 15.0. The number of fused-ring (bicyclic) bond motifs is 8. The summed E-state index contributed by atoms with van der Waals surface area (Å²) in [6.07, 6.45) is 32.7. The molecule has 0 aliphatic carbocycles. The van der Waals surface area contributed by atoms with Crippen LogP contribution in [0.25, 0.3) is 90.9 Å². The Bertz CT molecular complexity index is 5220. The Morgan fingerprint density at radius 3 is 0.914 bits per heavy atom. The van der Waals surface area contributed by atoms with E-state index in [1.54, 1.807) is 39.0 Å². The number of pyridine rings is 2. The molecule has 2 aliphatic rings. The minimum atomic E-state index is 0.542. The van der Waals surface area contributed by atoms with Crippen LogP contribution in [-0.4, -0.2) is 83.0 Å². The molecule has 14 heteroatoms. The molecule has 116 heavy (non-hydrogen) atoms. The Hall–Kier alpha value is -12.5. The van der Waals surface area contributed by atoms with E-state index >= 15 is 0 Å². The predicted octanol–water partition coefficient (Wildman–Crippen LogP) is 25.5. The van der Waals surface area contributed by atoms with Gasteiger partial charge in [-0.05, 0) is 257 Å². The highest BCUT2D eigenvalue weighted by molar-refractivity contribution is 6.03. The zero-order chi connectivity index (χ0) is 80.5. The van der Waals surface area contributed by atoms with E-state index in [4.69, 9.17) is 48.4 Å². The number of nitrogens with one attached hydrogen (secondary N) is 2. The summed E-state index contributed by atoms with van der Waals surface area (Å²) in [5.41, 5.74) is 24.1. The molecule has 0 radical (unpaired) electrons. The second kappa shape index (κ2) is 40.5. The smallest absolute Gasteiger partial charge is 0.131 e. The van der Waals surface area contributed by atoms with Crippen molar-refractivity contribution in [2.75, 3.05) is 40.6 Å². The minimum absolute atomic E-state index is 0.542. The van der Waals surface area contributed by atoms with Gasteiger partial charge in [-0.25, -0.2) is 9.97 Å². The number of ether oxygens (including phenoxy) is 6. The minimum Gasteiger partial charge on any atom is -0.497 e. The van der Waals surface area contributed by atoms with Crippen LogP contribution in [0.5, 0.6) is 34.5 Å². The summed E-state index contributed by atoms with van der Waals surface area (Å²) < 4.78 is 38.8. The summed E-state index contributed by atoms with van der Waals surface area (Å²) >= 11 is 0. The van der Waals surface area contributed by atoms with Crippen molar-refractivity contribution in [1.29, 1.82) is 0 Å². The van der Waals surface area contributed by atoms with Crippen molar-refractivity contribution in [2.45, 2.75) is 158 Å². The summed E-state index contributed by atoms with van der Waals surface area (Å²) in [7, 11) is 3.31. The Labute approximate surface area is 684 Å². The highest BCUT2D eigenvalue weighted by atomic mass is 16.5. The topological polar surface area (TPSA) is 163 Å². The Balaban J connectivity index is 1.04. The zero-order valence-corrected chi connectivity index (χ0v) is 68.9. The molecule has 8 bridgehead atoms. The Morgan fingerprint density at radius 2 is 0.629 bits per heavy atom. The number of H-pyrrole nitrogens is 2. The first kappa shape index (κ1) is 81.5.